The summed E-state index contributed by atoms with van der Waals surface area (Å²) in [6, 6.07) is 2.00. The average molecular weight is 255 g/mol. The Morgan fingerprint density at radius 2 is 2.41 bits per heavy atom. The van der Waals surface area contributed by atoms with E-state index in [2.05, 4.69) is 9.97 Å². The molecule has 17 heavy (non-hydrogen) atoms. The molecule has 1 aliphatic heterocycles. The van der Waals surface area contributed by atoms with E-state index in [1.807, 2.05) is 6.07 Å². The summed E-state index contributed by atoms with van der Waals surface area (Å²) in [4.78, 5) is 19.9. The maximum atomic E-state index is 13.6. The van der Waals surface area contributed by atoms with Gasteiger partial charge in [-0.25, -0.2) is 9.37 Å². The smallest absolute Gasteiger partial charge is 0.229 e. The number of amides is 1. The molecule has 1 atom stereocenters. The van der Waals surface area contributed by atoms with Crippen LogP contribution in [0.5, 0.6) is 0 Å². The van der Waals surface area contributed by atoms with Crippen molar-refractivity contribution in [3.8, 4) is 6.07 Å². The van der Waals surface area contributed by atoms with Gasteiger partial charge < -0.3 is 0 Å². The van der Waals surface area contributed by atoms with Crippen LogP contribution >= 0.6 is 11.6 Å². The summed E-state index contributed by atoms with van der Waals surface area (Å²) in [5.41, 5.74) is -1.09. The van der Waals surface area contributed by atoms with Gasteiger partial charge in [-0.1, -0.05) is 0 Å². The molecule has 1 aliphatic rings. The van der Waals surface area contributed by atoms with Crippen molar-refractivity contribution in [2.45, 2.75) is 25.3 Å². The van der Waals surface area contributed by atoms with Crippen molar-refractivity contribution in [3.63, 3.8) is 0 Å². The summed E-state index contributed by atoms with van der Waals surface area (Å²) in [5.74, 6) is -1.36. The van der Waals surface area contributed by atoms with Crippen molar-refractivity contribution in [1.29, 1.82) is 5.26 Å². The van der Waals surface area contributed by atoms with E-state index in [4.69, 9.17) is 16.9 Å². The van der Waals surface area contributed by atoms with Gasteiger partial charge in [-0.2, -0.15) is 10.2 Å². The molecule has 88 valence electrons. The molecule has 0 radical (unpaired) electrons. The number of rotatable bonds is 1. The first-order chi connectivity index (χ1) is 7.98. The molecule has 0 spiro atoms. The standard InChI is InChI=1S/C10H8ClFN4O/c1-10(5-13)3-2-7(17)16(10)8-6(12)4-14-9(11)15-8/h4H,2-3H2,1H3. The number of carbonyl (C=O) groups excluding carboxylic acids is 1. The summed E-state index contributed by atoms with van der Waals surface area (Å²) in [7, 11) is 0. The monoisotopic (exact) mass is 254 g/mol. The molecule has 0 aromatic carbocycles. The molecule has 5 nitrogen and oxygen atoms in total. The number of anilines is 1. The third-order valence-electron chi connectivity index (χ3n) is 2.72. The third-order valence-corrected chi connectivity index (χ3v) is 2.90. The fourth-order valence-corrected chi connectivity index (χ4v) is 1.93. The summed E-state index contributed by atoms with van der Waals surface area (Å²) in [5, 5.41) is 8.93. The number of halogens is 2. The van der Waals surface area contributed by atoms with Crippen LogP contribution in [0.3, 0.4) is 0 Å². The summed E-state index contributed by atoms with van der Waals surface area (Å²) >= 11 is 5.57. The van der Waals surface area contributed by atoms with Crippen LogP contribution in [-0.4, -0.2) is 21.4 Å². The van der Waals surface area contributed by atoms with E-state index in [-0.39, 0.29) is 23.4 Å². The molecule has 1 unspecified atom stereocenters. The first-order valence-corrected chi connectivity index (χ1v) is 5.28. The van der Waals surface area contributed by atoms with E-state index in [9.17, 15) is 9.18 Å². The Bertz CT molecular complexity index is 530. The molecule has 0 bridgehead atoms. The van der Waals surface area contributed by atoms with Gasteiger partial charge in [0.05, 0.1) is 12.3 Å². The minimum absolute atomic E-state index is 0.165. The Balaban J connectivity index is 2.55. The van der Waals surface area contributed by atoms with Crippen molar-refractivity contribution in [2.75, 3.05) is 4.90 Å². The highest BCUT2D eigenvalue weighted by atomic mass is 35.5. The first kappa shape index (κ1) is 11.7. The number of nitrogens with zero attached hydrogens (tertiary/aromatic N) is 4. The van der Waals surface area contributed by atoms with Crippen molar-refractivity contribution >= 4 is 23.3 Å². The lowest BCUT2D eigenvalue weighted by Gasteiger charge is -2.27. The number of carbonyl (C=O) groups is 1. The molecule has 0 saturated carbocycles. The zero-order chi connectivity index (χ0) is 12.6. The number of hydrogen-bond acceptors (Lipinski definition) is 4. The van der Waals surface area contributed by atoms with Gasteiger partial charge in [0.1, 0.15) is 5.54 Å². The van der Waals surface area contributed by atoms with E-state index in [0.717, 1.165) is 11.1 Å². The predicted molar refractivity (Wildman–Crippen MR) is 57.7 cm³/mol. The molecule has 1 aromatic rings. The normalized spacial score (nSPS) is 23.9. The van der Waals surface area contributed by atoms with Crippen molar-refractivity contribution in [1.82, 2.24) is 9.97 Å². The molecule has 2 rings (SSSR count). The van der Waals surface area contributed by atoms with Crippen molar-refractivity contribution < 1.29 is 9.18 Å². The number of nitriles is 1. The zero-order valence-electron chi connectivity index (χ0n) is 8.94. The molecular weight excluding hydrogens is 247 g/mol. The predicted octanol–water partition coefficient (Wildman–Crippen LogP) is 1.68. The van der Waals surface area contributed by atoms with Gasteiger partial charge in [0.2, 0.25) is 11.2 Å². The van der Waals surface area contributed by atoms with E-state index in [1.165, 1.54) is 0 Å². The molecule has 0 N–H and O–H groups in total. The highest BCUT2D eigenvalue weighted by Crippen LogP contribution is 2.34. The Hall–Kier alpha value is -1.74. The van der Waals surface area contributed by atoms with Crippen LogP contribution in [-0.2, 0) is 4.79 Å². The summed E-state index contributed by atoms with van der Waals surface area (Å²) in [6.45, 7) is 1.56. The highest BCUT2D eigenvalue weighted by Gasteiger charge is 2.44. The lowest BCUT2D eigenvalue weighted by atomic mass is 10.0. The van der Waals surface area contributed by atoms with Crippen LogP contribution < -0.4 is 4.90 Å². The summed E-state index contributed by atoms with van der Waals surface area (Å²) < 4.78 is 13.6. The third kappa shape index (κ3) is 1.83. The quantitative estimate of drug-likeness (QED) is 0.715. The van der Waals surface area contributed by atoms with E-state index in [0.29, 0.717) is 6.42 Å². The van der Waals surface area contributed by atoms with Crippen LogP contribution in [0, 0.1) is 17.1 Å². The van der Waals surface area contributed by atoms with E-state index < -0.39 is 11.4 Å². The molecular formula is C10H8ClFN4O. The zero-order valence-corrected chi connectivity index (χ0v) is 9.70. The Morgan fingerprint density at radius 3 is 3.06 bits per heavy atom. The van der Waals surface area contributed by atoms with Crippen molar-refractivity contribution in [2.24, 2.45) is 0 Å². The Labute approximate surface area is 102 Å². The van der Waals surface area contributed by atoms with Gasteiger partial charge in [0.25, 0.3) is 0 Å². The van der Waals surface area contributed by atoms with E-state index >= 15 is 0 Å². The summed E-state index contributed by atoms with van der Waals surface area (Å²) in [6.07, 6.45) is 1.41. The lowest BCUT2D eigenvalue weighted by molar-refractivity contribution is -0.117. The number of aromatic nitrogens is 2. The SMILES string of the molecule is CC1(C#N)CCC(=O)N1c1nc(Cl)ncc1F. The van der Waals surface area contributed by atoms with Crippen LogP contribution in [0.25, 0.3) is 0 Å². The molecule has 1 amide bonds. The minimum Gasteiger partial charge on any atom is -0.275 e. The van der Waals surface area contributed by atoms with E-state index in [1.54, 1.807) is 6.92 Å². The second kappa shape index (κ2) is 3.93. The molecule has 0 aliphatic carbocycles. The number of hydrogen-bond donors (Lipinski definition) is 0. The van der Waals surface area contributed by atoms with Crippen LogP contribution in [0.4, 0.5) is 10.2 Å². The second-order valence-corrected chi connectivity index (χ2v) is 4.26. The fraction of sp³-hybridized carbons (Fsp3) is 0.400. The topological polar surface area (TPSA) is 69.9 Å². The molecule has 1 aromatic heterocycles. The van der Waals surface area contributed by atoms with Gasteiger partial charge in [0, 0.05) is 6.42 Å². The fourth-order valence-electron chi connectivity index (χ4n) is 1.80. The second-order valence-electron chi connectivity index (χ2n) is 3.93. The van der Waals surface area contributed by atoms with Gasteiger partial charge in [0.15, 0.2) is 11.6 Å². The first-order valence-electron chi connectivity index (χ1n) is 4.90. The Kier molecular flexibility index (Phi) is 2.71. The maximum Gasteiger partial charge on any atom is 0.229 e. The minimum atomic E-state index is -1.09. The van der Waals surface area contributed by atoms with Crippen LogP contribution in [0.1, 0.15) is 19.8 Å². The van der Waals surface area contributed by atoms with Gasteiger partial charge in [-0.3, -0.25) is 9.69 Å². The van der Waals surface area contributed by atoms with Gasteiger partial charge >= 0.3 is 0 Å². The maximum absolute atomic E-state index is 13.6. The van der Waals surface area contributed by atoms with Crippen molar-refractivity contribution in [3.05, 3.63) is 17.3 Å². The molecule has 1 saturated heterocycles. The van der Waals surface area contributed by atoms with Crippen LogP contribution in [0.15, 0.2) is 6.20 Å². The molecule has 1 fully saturated rings. The van der Waals surface area contributed by atoms with Gasteiger partial charge in [-0.15, -0.1) is 0 Å². The Morgan fingerprint density at radius 1 is 1.71 bits per heavy atom. The van der Waals surface area contributed by atoms with Crippen LogP contribution in [0.2, 0.25) is 5.28 Å². The molecule has 7 heteroatoms. The lowest BCUT2D eigenvalue weighted by Crippen LogP contribution is -2.43. The molecule has 2 heterocycles. The highest BCUT2D eigenvalue weighted by molar-refractivity contribution is 6.28. The average Bonchev–Trinajstić information content (AvgIpc) is 2.60. The largest absolute Gasteiger partial charge is 0.275 e. The van der Waals surface area contributed by atoms with Gasteiger partial charge in [-0.05, 0) is 24.9 Å².